The highest BCUT2D eigenvalue weighted by atomic mass is 19.4. The molecule has 0 spiro atoms. The predicted octanol–water partition coefficient (Wildman–Crippen LogP) is 3.12. The van der Waals surface area contributed by atoms with Crippen LogP contribution in [0.4, 0.5) is 26.3 Å². The molecule has 0 heterocycles. The molecule has 0 N–H and O–H groups in total. The van der Waals surface area contributed by atoms with E-state index in [0.29, 0.717) is 0 Å². The van der Waals surface area contributed by atoms with Crippen LogP contribution in [0.15, 0.2) is 12.1 Å². The summed E-state index contributed by atoms with van der Waals surface area (Å²) in [5.41, 5.74) is -2.08. The van der Waals surface area contributed by atoms with E-state index in [0.717, 1.165) is 0 Å². The molecule has 0 nitrogen and oxygen atoms in total. The molecular weight excluding hydrogens is 198 g/mol. The molecule has 13 heavy (non-hydrogen) atoms. The molecule has 1 aromatic rings. The van der Waals surface area contributed by atoms with Crippen molar-refractivity contribution in [2.75, 3.05) is 0 Å². The molecule has 0 aliphatic carbocycles. The number of alkyl halides is 3. The maximum Gasteiger partial charge on any atom is 0.422 e. The van der Waals surface area contributed by atoms with Crippen LogP contribution in [0.1, 0.15) is 5.56 Å². The second kappa shape index (κ2) is 2.93. The van der Waals surface area contributed by atoms with Crippen molar-refractivity contribution in [3.05, 3.63) is 35.1 Å². The van der Waals surface area contributed by atoms with E-state index in [-0.39, 0.29) is 12.1 Å². The van der Waals surface area contributed by atoms with Gasteiger partial charge in [-0.3, -0.25) is 0 Å². The molecule has 1 aromatic carbocycles. The Morgan fingerprint density at radius 3 is 1.54 bits per heavy atom. The number of hydrogen-bond acceptors (Lipinski definition) is 0. The monoisotopic (exact) mass is 200 g/mol. The SMILES string of the molecule is Fc1cc(F)c(C(F)(F)F)c(F)c1. The maximum absolute atomic E-state index is 12.4. The molecule has 0 radical (unpaired) electrons. The summed E-state index contributed by atoms with van der Waals surface area (Å²) in [5, 5.41) is 0. The topological polar surface area (TPSA) is 0 Å². The van der Waals surface area contributed by atoms with E-state index < -0.39 is 29.2 Å². The van der Waals surface area contributed by atoms with E-state index in [4.69, 9.17) is 0 Å². The van der Waals surface area contributed by atoms with Crippen molar-refractivity contribution < 1.29 is 26.3 Å². The zero-order valence-corrected chi connectivity index (χ0v) is 5.92. The average Bonchev–Trinajstić information content (AvgIpc) is 1.78. The number of rotatable bonds is 0. The molecule has 72 valence electrons. The Morgan fingerprint density at radius 1 is 0.846 bits per heavy atom. The van der Waals surface area contributed by atoms with Crippen LogP contribution < -0.4 is 0 Å². The molecule has 0 unspecified atom stereocenters. The van der Waals surface area contributed by atoms with Crippen molar-refractivity contribution >= 4 is 0 Å². The van der Waals surface area contributed by atoms with Gasteiger partial charge in [0, 0.05) is 12.1 Å². The first-order chi connectivity index (χ1) is 5.82. The van der Waals surface area contributed by atoms with E-state index in [1.165, 1.54) is 0 Å². The van der Waals surface area contributed by atoms with Crippen molar-refractivity contribution in [2.24, 2.45) is 0 Å². The molecule has 0 aliphatic heterocycles. The van der Waals surface area contributed by atoms with Gasteiger partial charge < -0.3 is 0 Å². The van der Waals surface area contributed by atoms with Gasteiger partial charge >= 0.3 is 6.18 Å². The summed E-state index contributed by atoms with van der Waals surface area (Å²) in [4.78, 5) is 0. The lowest BCUT2D eigenvalue weighted by Crippen LogP contribution is -2.11. The fourth-order valence-corrected chi connectivity index (χ4v) is 0.813. The summed E-state index contributed by atoms with van der Waals surface area (Å²) in [6.45, 7) is 0. The van der Waals surface area contributed by atoms with Crippen LogP contribution in [0.25, 0.3) is 0 Å². The first kappa shape index (κ1) is 9.88. The summed E-state index contributed by atoms with van der Waals surface area (Å²) in [6, 6.07) is -0.0438. The Bertz CT molecular complexity index is 303. The minimum atomic E-state index is -5.15. The van der Waals surface area contributed by atoms with Gasteiger partial charge in [0.2, 0.25) is 0 Å². The van der Waals surface area contributed by atoms with Gasteiger partial charge in [0.05, 0.1) is 0 Å². The number of hydrogen-bond donors (Lipinski definition) is 0. The Balaban J connectivity index is 3.38. The largest absolute Gasteiger partial charge is 0.422 e. The predicted molar refractivity (Wildman–Crippen MR) is 31.3 cm³/mol. The summed E-state index contributed by atoms with van der Waals surface area (Å²) >= 11 is 0. The Morgan fingerprint density at radius 2 is 1.23 bits per heavy atom. The molecule has 0 saturated carbocycles. The van der Waals surface area contributed by atoms with E-state index in [9.17, 15) is 26.3 Å². The summed E-state index contributed by atoms with van der Waals surface area (Å²) in [7, 11) is 0. The van der Waals surface area contributed by atoms with Crippen LogP contribution in [0, 0.1) is 17.5 Å². The summed E-state index contributed by atoms with van der Waals surface area (Å²) < 4.78 is 72.5. The van der Waals surface area contributed by atoms with Gasteiger partial charge in [-0.15, -0.1) is 0 Å². The minimum absolute atomic E-state index is 0.0219. The number of benzene rings is 1. The highest BCUT2D eigenvalue weighted by molar-refractivity contribution is 5.23. The fraction of sp³-hybridized carbons (Fsp3) is 0.143. The smallest absolute Gasteiger partial charge is 0.207 e. The van der Waals surface area contributed by atoms with Crippen molar-refractivity contribution in [2.45, 2.75) is 6.18 Å². The normalized spacial score (nSPS) is 11.8. The summed E-state index contributed by atoms with van der Waals surface area (Å²) in [6.07, 6.45) is -5.15. The quantitative estimate of drug-likeness (QED) is 0.564. The molecule has 0 fully saturated rings. The first-order valence-corrected chi connectivity index (χ1v) is 3.04. The van der Waals surface area contributed by atoms with Crippen LogP contribution in [-0.2, 0) is 6.18 Å². The molecule has 0 saturated heterocycles. The van der Waals surface area contributed by atoms with Gasteiger partial charge in [0.25, 0.3) is 0 Å². The standard InChI is InChI=1S/C7H2F6/c8-3-1-4(9)6(5(10)2-3)7(11,12)13/h1-2H. The van der Waals surface area contributed by atoms with E-state index in [1.54, 1.807) is 0 Å². The Labute approximate surface area is 68.8 Å². The molecular formula is C7H2F6. The lowest BCUT2D eigenvalue weighted by Gasteiger charge is -2.08. The van der Waals surface area contributed by atoms with Crippen molar-refractivity contribution in [3.63, 3.8) is 0 Å². The van der Waals surface area contributed by atoms with Gasteiger partial charge in [-0.25, -0.2) is 13.2 Å². The van der Waals surface area contributed by atoms with Crippen molar-refractivity contribution in [1.82, 2.24) is 0 Å². The third kappa shape index (κ3) is 1.93. The first-order valence-electron chi connectivity index (χ1n) is 3.04. The molecule has 0 amide bonds. The van der Waals surface area contributed by atoms with Gasteiger partial charge in [0.1, 0.15) is 23.0 Å². The Hall–Kier alpha value is -1.20. The highest BCUT2D eigenvalue weighted by Gasteiger charge is 2.37. The molecule has 0 aliphatic rings. The molecule has 0 bridgehead atoms. The van der Waals surface area contributed by atoms with Gasteiger partial charge in [-0.1, -0.05) is 0 Å². The van der Waals surface area contributed by atoms with Crippen LogP contribution in [0.5, 0.6) is 0 Å². The lowest BCUT2D eigenvalue weighted by molar-refractivity contribution is -0.142. The van der Waals surface area contributed by atoms with E-state index in [1.807, 2.05) is 0 Å². The van der Waals surface area contributed by atoms with Crippen molar-refractivity contribution in [3.8, 4) is 0 Å². The average molecular weight is 200 g/mol. The third-order valence-electron chi connectivity index (χ3n) is 1.29. The van der Waals surface area contributed by atoms with Crippen LogP contribution in [0.3, 0.4) is 0 Å². The zero-order chi connectivity index (χ0) is 10.2. The molecule has 6 heteroatoms. The second-order valence-electron chi connectivity index (χ2n) is 2.24. The zero-order valence-electron chi connectivity index (χ0n) is 5.92. The fourth-order valence-electron chi connectivity index (χ4n) is 0.813. The van der Waals surface area contributed by atoms with E-state index in [2.05, 4.69) is 0 Å². The minimum Gasteiger partial charge on any atom is -0.207 e. The summed E-state index contributed by atoms with van der Waals surface area (Å²) in [5.74, 6) is -5.29. The Kier molecular flexibility index (Phi) is 2.23. The van der Waals surface area contributed by atoms with Crippen LogP contribution >= 0.6 is 0 Å². The molecule has 0 aromatic heterocycles. The third-order valence-corrected chi connectivity index (χ3v) is 1.29. The maximum atomic E-state index is 12.4. The van der Waals surface area contributed by atoms with Gasteiger partial charge in [-0.2, -0.15) is 13.2 Å². The van der Waals surface area contributed by atoms with Gasteiger partial charge in [0.15, 0.2) is 0 Å². The van der Waals surface area contributed by atoms with Crippen LogP contribution in [-0.4, -0.2) is 0 Å². The molecule has 1 rings (SSSR count). The van der Waals surface area contributed by atoms with Crippen LogP contribution in [0.2, 0.25) is 0 Å². The van der Waals surface area contributed by atoms with E-state index >= 15 is 0 Å². The molecule has 0 atom stereocenters. The van der Waals surface area contributed by atoms with Gasteiger partial charge in [-0.05, 0) is 0 Å². The lowest BCUT2D eigenvalue weighted by atomic mass is 10.2. The highest BCUT2D eigenvalue weighted by Crippen LogP contribution is 2.33. The number of halogens is 6. The second-order valence-corrected chi connectivity index (χ2v) is 2.24. The van der Waals surface area contributed by atoms with Crippen molar-refractivity contribution in [1.29, 1.82) is 0 Å².